The molecule has 10 heteroatoms. The van der Waals surface area contributed by atoms with E-state index >= 15 is 0 Å². The lowest BCUT2D eigenvalue weighted by molar-refractivity contribution is -0.385. The molecule has 0 aromatic heterocycles. The van der Waals surface area contributed by atoms with E-state index in [0.29, 0.717) is 16.3 Å². The van der Waals surface area contributed by atoms with Gasteiger partial charge in [0.1, 0.15) is 0 Å². The molecule has 0 spiro atoms. The Labute approximate surface area is 152 Å². The van der Waals surface area contributed by atoms with Crippen LogP contribution in [0.5, 0.6) is 5.75 Å². The molecular formula is C16H13ClN4O5. The Morgan fingerprint density at radius 1 is 1.23 bits per heavy atom. The van der Waals surface area contributed by atoms with E-state index < -0.39 is 16.7 Å². The Morgan fingerprint density at radius 2 is 2.00 bits per heavy atom. The molecule has 0 bridgehead atoms. The summed E-state index contributed by atoms with van der Waals surface area (Å²) in [5, 5.41) is 17.3. The number of nitro benzene ring substituents is 1. The molecule has 0 unspecified atom stereocenters. The topological polar surface area (TPSA) is 123 Å². The van der Waals surface area contributed by atoms with Crippen molar-refractivity contribution in [3.8, 4) is 5.75 Å². The molecule has 0 saturated heterocycles. The summed E-state index contributed by atoms with van der Waals surface area (Å²) < 4.78 is 4.88. The number of carbonyl (C=O) groups excluding carboxylic acids is 2. The van der Waals surface area contributed by atoms with E-state index in [2.05, 4.69) is 10.4 Å². The summed E-state index contributed by atoms with van der Waals surface area (Å²) in [5.41, 5.74) is 2.47. The number of ether oxygens (including phenoxy) is 1. The fourth-order valence-electron chi connectivity index (χ4n) is 1.90. The van der Waals surface area contributed by atoms with Crippen LogP contribution in [0, 0.1) is 10.1 Å². The van der Waals surface area contributed by atoms with Crippen molar-refractivity contribution >= 4 is 41.0 Å². The third-order valence-corrected chi connectivity index (χ3v) is 3.30. The highest BCUT2D eigenvalue weighted by molar-refractivity contribution is 6.39. The van der Waals surface area contributed by atoms with Crippen molar-refractivity contribution < 1.29 is 19.2 Å². The van der Waals surface area contributed by atoms with Crippen LogP contribution in [0.15, 0.2) is 47.6 Å². The maximum absolute atomic E-state index is 11.7. The van der Waals surface area contributed by atoms with Gasteiger partial charge in [0.05, 0.1) is 18.2 Å². The first-order chi connectivity index (χ1) is 12.4. The van der Waals surface area contributed by atoms with Gasteiger partial charge in [-0.2, -0.15) is 5.10 Å². The SMILES string of the molecule is COc1ccc(/C=N\NC(=O)C(=O)Nc2cccc(Cl)c2)cc1[N+](=O)[O-]. The van der Waals surface area contributed by atoms with Gasteiger partial charge in [0.25, 0.3) is 0 Å². The molecule has 0 aliphatic heterocycles. The molecule has 0 aliphatic carbocycles. The number of rotatable bonds is 5. The van der Waals surface area contributed by atoms with Gasteiger partial charge in [-0.15, -0.1) is 0 Å². The molecular weight excluding hydrogens is 364 g/mol. The zero-order chi connectivity index (χ0) is 19.1. The highest BCUT2D eigenvalue weighted by atomic mass is 35.5. The number of hydrogen-bond donors (Lipinski definition) is 2. The van der Waals surface area contributed by atoms with Crippen molar-refractivity contribution in [2.24, 2.45) is 5.10 Å². The molecule has 9 nitrogen and oxygen atoms in total. The third-order valence-electron chi connectivity index (χ3n) is 3.07. The molecule has 2 aromatic carbocycles. The summed E-state index contributed by atoms with van der Waals surface area (Å²) in [4.78, 5) is 33.8. The third kappa shape index (κ3) is 5.02. The number of nitrogens with zero attached hydrogens (tertiary/aromatic N) is 2. The van der Waals surface area contributed by atoms with E-state index in [-0.39, 0.29) is 11.4 Å². The van der Waals surface area contributed by atoms with Crippen LogP contribution in [-0.2, 0) is 9.59 Å². The smallest absolute Gasteiger partial charge is 0.329 e. The van der Waals surface area contributed by atoms with Crippen LogP contribution in [0.1, 0.15) is 5.56 Å². The van der Waals surface area contributed by atoms with Crippen molar-refractivity contribution in [1.82, 2.24) is 5.43 Å². The van der Waals surface area contributed by atoms with E-state index in [9.17, 15) is 19.7 Å². The van der Waals surface area contributed by atoms with E-state index in [1.54, 1.807) is 18.2 Å². The van der Waals surface area contributed by atoms with Crippen LogP contribution in [-0.4, -0.2) is 30.1 Å². The molecule has 134 valence electrons. The van der Waals surface area contributed by atoms with Crippen LogP contribution < -0.4 is 15.5 Å². The second-order valence-electron chi connectivity index (χ2n) is 4.85. The Balaban J connectivity index is 1.99. The molecule has 2 aromatic rings. The predicted octanol–water partition coefficient (Wildman–Crippen LogP) is 2.35. The van der Waals surface area contributed by atoms with Gasteiger partial charge in [-0.3, -0.25) is 19.7 Å². The first kappa shape index (κ1) is 18.9. The van der Waals surface area contributed by atoms with Gasteiger partial charge >= 0.3 is 17.5 Å². The van der Waals surface area contributed by atoms with E-state index in [1.807, 2.05) is 5.43 Å². The molecule has 0 atom stereocenters. The van der Waals surface area contributed by atoms with Crippen molar-refractivity contribution in [3.05, 3.63) is 63.2 Å². The summed E-state index contributed by atoms with van der Waals surface area (Å²) in [6.07, 6.45) is 1.16. The summed E-state index contributed by atoms with van der Waals surface area (Å²) in [6.45, 7) is 0. The molecule has 2 N–H and O–H groups in total. The van der Waals surface area contributed by atoms with Gasteiger partial charge in [0.15, 0.2) is 5.75 Å². The minimum absolute atomic E-state index is 0.0945. The minimum atomic E-state index is -1.01. The monoisotopic (exact) mass is 376 g/mol. The Bertz CT molecular complexity index is 885. The molecule has 0 fully saturated rings. The van der Waals surface area contributed by atoms with Gasteiger partial charge in [0.2, 0.25) is 0 Å². The average Bonchev–Trinajstić information content (AvgIpc) is 2.61. The quantitative estimate of drug-likeness (QED) is 0.359. The van der Waals surface area contributed by atoms with Crippen LogP contribution in [0.25, 0.3) is 0 Å². The standard InChI is InChI=1S/C16H13ClN4O5/c1-26-14-6-5-10(7-13(14)21(24)25)9-18-20-16(23)15(22)19-12-4-2-3-11(17)8-12/h2-9H,1H3,(H,19,22)(H,20,23)/b18-9-. The van der Waals surface area contributed by atoms with Crippen LogP contribution >= 0.6 is 11.6 Å². The molecule has 0 aliphatic rings. The number of benzene rings is 2. The van der Waals surface area contributed by atoms with Crippen molar-refractivity contribution in [1.29, 1.82) is 0 Å². The van der Waals surface area contributed by atoms with Gasteiger partial charge < -0.3 is 10.1 Å². The number of hydrazone groups is 1. The highest BCUT2D eigenvalue weighted by Gasteiger charge is 2.15. The molecule has 0 heterocycles. The summed E-state index contributed by atoms with van der Waals surface area (Å²) in [5.74, 6) is -1.86. The minimum Gasteiger partial charge on any atom is -0.490 e. The molecule has 0 saturated carbocycles. The first-order valence-electron chi connectivity index (χ1n) is 7.13. The number of methoxy groups -OCH3 is 1. The number of nitro groups is 1. The van der Waals surface area contributed by atoms with E-state index in [4.69, 9.17) is 16.3 Å². The van der Waals surface area contributed by atoms with Gasteiger partial charge in [0, 0.05) is 22.3 Å². The fourth-order valence-corrected chi connectivity index (χ4v) is 2.09. The number of hydrogen-bond acceptors (Lipinski definition) is 6. The van der Waals surface area contributed by atoms with Crippen LogP contribution in [0.3, 0.4) is 0 Å². The van der Waals surface area contributed by atoms with Crippen molar-refractivity contribution in [2.75, 3.05) is 12.4 Å². The van der Waals surface area contributed by atoms with Crippen molar-refractivity contribution in [3.63, 3.8) is 0 Å². The lowest BCUT2D eigenvalue weighted by Crippen LogP contribution is -2.32. The summed E-state index contributed by atoms with van der Waals surface area (Å²) in [7, 11) is 1.31. The Morgan fingerprint density at radius 3 is 2.65 bits per heavy atom. The summed E-state index contributed by atoms with van der Waals surface area (Å²) >= 11 is 5.78. The average molecular weight is 377 g/mol. The predicted molar refractivity (Wildman–Crippen MR) is 95.5 cm³/mol. The number of amides is 2. The van der Waals surface area contributed by atoms with Gasteiger partial charge in [-0.25, -0.2) is 5.43 Å². The Hall–Kier alpha value is -3.46. The molecule has 2 amide bonds. The van der Waals surface area contributed by atoms with Crippen LogP contribution in [0.2, 0.25) is 5.02 Å². The lowest BCUT2D eigenvalue weighted by Gasteiger charge is -2.04. The normalized spacial score (nSPS) is 10.4. The van der Waals surface area contributed by atoms with E-state index in [1.165, 1.54) is 31.4 Å². The maximum Gasteiger partial charge on any atom is 0.329 e. The lowest BCUT2D eigenvalue weighted by atomic mass is 10.2. The first-order valence-corrected chi connectivity index (χ1v) is 7.51. The van der Waals surface area contributed by atoms with E-state index in [0.717, 1.165) is 6.21 Å². The zero-order valence-electron chi connectivity index (χ0n) is 13.4. The second kappa shape index (κ2) is 8.58. The molecule has 0 radical (unpaired) electrons. The van der Waals surface area contributed by atoms with Gasteiger partial charge in [-0.05, 0) is 30.3 Å². The number of carbonyl (C=O) groups is 2. The molecule has 2 rings (SSSR count). The zero-order valence-corrected chi connectivity index (χ0v) is 14.2. The largest absolute Gasteiger partial charge is 0.490 e. The van der Waals surface area contributed by atoms with Gasteiger partial charge in [-0.1, -0.05) is 17.7 Å². The van der Waals surface area contributed by atoms with Crippen LogP contribution in [0.4, 0.5) is 11.4 Å². The number of nitrogens with one attached hydrogen (secondary N) is 2. The summed E-state index contributed by atoms with van der Waals surface area (Å²) in [6, 6.07) is 10.4. The molecule has 26 heavy (non-hydrogen) atoms. The maximum atomic E-state index is 11.7. The Kier molecular flexibility index (Phi) is 6.23. The second-order valence-corrected chi connectivity index (χ2v) is 5.29. The number of halogens is 1. The number of anilines is 1. The highest BCUT2D eigenvalue weighted by Crippen LogP contribution is 2.26. The van der Waals surface area contributed by atoms with Crippen molar-refractivity contribution in [2.45, 2.75) is 0 Å². The fraction of sp³-hybridized carbons (Fsp3) is 0.0625.